The molecule has 0 radical (unpaired) electrons. The van der Waals surface area contributed by atoms with Gasteiger partial charge in [0, 0.05) is 33.4 Å². The molecule has 0 fully saturated rings. The minimum Gasteiger partial charge on any atom is -0.310 e. The summed E-state index contributed by atoms with van der Waals surface area (Å²) in [5.41, 5.74) is 11.7. The highest BCUT2D eigenvalue weighted by Crippen LogP contribution is 2.45. The van der Waals surface area contributed by atoms with E-state index in [1.165, 1.54) is 54.8 Å². The molecule has 0 aliphatic carbocycles. The van der Waals surface area contributed by atoms with Crippen molar-refractivity contribution in [2.45, 2.75) is 0 Å². The van der Waals surface area contributed by atoms with E-state index in [-0.39, 0.29) is 0 Å². The van der Waals surface area contributed by atoms with E-state index in [0.717, 1.165) is 22.7 Å². The van der Waals surface area contributed by atoms with Crippen molar-refractivity contribution in [3.63, 3.8) is 0 Å². The van der Waals surface area contributed by atoms with E-state index in [4.69, 9.17) is 0 Å². The fraction of sp³-hybridized carbons (Fsp3) is 0. The zero-order valence-corrected chi connectivity index (χ0v) is 26.4. The molecule has 2 nitrogen and oxygen atoms in total. The molecule has 0 aliphatic rings. The van der Waals surface area contributed by atoms with Crippen LogP contribution in [0.25, 0.3) is 60.5 Å². The van der Waals surface area contributed by atoms with Crippen LogP contribution in [0.3, 0.4) is 0 Å². The topological polar surface area (TPSA) is 8.17 Å². The van der Waals surface area contributed by atoms with Gasteiger partial charge in [0.2, 0.25) is 0 Å². The van der Waals surface area contributed by atoms with Gasteiger partial charge in [0.25, 0.3) is 0 Å². The summed E-state index contributed by atoms with van der Waals surface area (Å²) >= 11 is 0. The number of hydrogen-bond acceptors (Lipinski definition) is 1. The molecule has 1 aromatic heterocycles. The minimum absolute atomic E-state index is 1.10. The lowest BCUT2D eigenvalue weighted by molar-refractivity contribution is 1.18. The summed E-state index contributed by atoms with van der Waals surface area (Å²) in [5.74, 6) is 0. The number of anilines is 3. The van der Waals surface area contributed by atoms with Gasteiger partial charge in [-0.15, -0.1) is 0 Å². The number of aromatic nitrogens is 1. The summed E-state index contributed by atoms with van der Waals surface area (Å²) in [6.07, 6.45) is 0. The molecular formula is C46H32N2. The van der Waals surface area contributed by atoms with Gasteiger partial charge in [-0.25, -0.2) is 0 Å². The van der Waals surface area contributed by atoms with Gasteiger partial charge in [0.1, 0.15) is 0 Å². The van der Waals surface area contributed by atoms with Gasteiger partial charge >= 0.3 is 0 Å². The van der Waals surface area contributed by atoms with Crippen LogP contribution in [0, 0.1) is 0 Å². The maximum atomic E-state index is 2.41. The van der Waals surface area contributed by atoms with E-state index in [1.54, 1.807) is 0 Å². The SMILES string of the molecule is c1ccc(-c2cccc3cccc(-c4ccccc4N(c4ccccc4)c4ccc5c6ccccc6n(-c6ccccc6)c5c4)c23)cc1. The first-order chi connectivity index (χ1) is 23.8. The normalized spacial score (nSPS) is 11.3. The largest absolute Gasteiger partial charge is 0.310 e. The second-order valence-corrected chi connectivity index (χ2v) is 12.2. The Morgan fingerprint density at radius 2 is 0.979 bits per heavy atom. The molecule has 0 N–H and O–H groups in total. The predicted molar refractivity (Wildman–Crippen MR) is 204 cm³/mol. The number of para-hydroxylation sites is 4. The summed E-state index contributed by atoms with van der Waals surface area (Å²) in [6.45, 7) is 0. The van der Waals surface area contributed by atoms with Crippen LogP contribution in [0.5, 0.6) is 0 Å². The van der Waals surface area contributed by atoms with Crippen LogP contribution in [0.4, 0.5) is 17.1 Å². The number of rotatable bonds is 6. The summed E-state index contributed by atoms with van der Waals surface area (Å²) in [4.78, 5) is 2.41. The smallest absolute Gasteiger partial charge is 0.0561 e. The number of fused-ring (bicyclic) bond motifs is 4. The fourth-order valence-electron chi connectivity index (χ4n) is 7.28. The maximum absolute atomic E-state index is 2.41. The highest BCUT2D eigenvalue weighted by molar-refractivity contribution is 6.11. The van der Waals surface area contributed by atoms with E-state index < -0.39 is 0 Å². The Labute approximate surface area is 280 Å². The Balaban J connectivity index is 1.31. The summed E-state index contributed by atoms with van der Waals surface area (Å²) in [6, 6.07) is 69.9. The Morgan fingerprint density at radius 1 is 0.375 bits per heavy atom. The number of hydrogen-bond donors (Lipinski definition) is 0. The Bertz CT molecular complexity index is 2540. The van der Waals surface area contributed by atoms with E-state index >= 15 is 0 Å². The molecule has 0 aliphatic heterocycles. The molecular weight excluding hydrogens is 581 g/mol. The van der Waals surface area contributed by atoms with Crippen molar-refractivity contribution in [3.05, 3.63) is 194 Å². The first-order valence-corrected chi connectivity index (χ1v) is 16.5. The van der Waals surface area contributed by atoms with Crippen molar-refractivity contribution in [1.82, 2.24) is 4.57 Å². The van der Waals surface area contributed by atoms with E-state index in [9.17, 15) is 0 Å². The van der Waals surface area contributed by atoms with Crippen LogP contribution < -0.4 is 4.90 Å². The predicted octanol–water partition coefficient (Wildman–Crippen LogP) is 12.7. The highest BCUT2D eigenvalue weighted by atomic mass is 15.1. The molecule has 8 aromatic carbocycles. The Hall–Kier alpha value is -6.38. The zero-order chi connectivity index (χ0) is 31.9. The quantitative estimate of drug-likeness (QED) is 0.181. The van der Waals surface area contributed by atoms with E-state index in [2.05, 4.69) is 204 Å². The number of nitrogens with zero attached hydrogens (tertiary/aromatic N) is 2. The van der Waals surface area contributed by atoms with Crippen molar-refractivity contribution < 1.29 is 0 Å². The molecule has 0 saturated carbocycles. The molecule has 0 bridgehead atoms. The van der Waals surface area contributed by atoms with Gasteiger partial charge in [-0.3, -0.25) is 0 Å². The first-order valence-electron chi connectivity index (χ1n) is 16.5. The molecule has 0 saturated heterocycles. The van der Waals surface area contributed by atoms with Gasteiger partial charge in [-0.05, 0) is 76.0 Å². The monoisotopic (exact) mass is 612 g/mol. The molecule has 0 spiro atoms. The lowest BCUT2D eigenvalue weighted by atomic mass is 9.90. The standard InChI is InChI=1S/C46H32N2/c1-4-16-33(17-5-1)38-26-14-18-34-19-15-27-42(46(34)38)40-25-11-12-28-43(40)47(35-20-6-2-7-21-35)37-30-31-41-39-24-10-13-29-44(39)48(45(41)32-37)36-22-8-3-9-23-36/h1-32H. The van der Waals surface area contributed by atoms with Gasteiger partial charge in [-0.2, -0.15) is 0 Å². The van der Waals surface area contributed by atoms with Crippen molar-refractivity contribution in [3.8, 4) is 27.9 Å². The zero-order valence-electron chi connectivity index (χ0n) is 26.4. The molecule has 2 heteroatoms. The lowest BCUT2D eigenvalue weighted by Crippen LogP contribution is -2.11. The second kappa shape index (κ2) is 11.8. The minimum atomic E-state index is 1.10. The van der Waals surface area contributed by atoms with E-state index in [0.29, 0.717) is 0 Å². The van der Waals surface area contributed by atoms with Crippen molar-refractivity contribution >= 4 is 49.6 Å². The maximum Gasteiger partial charge on any atom is 0.0561 e. The van der Waals surface area contributed by atoms with Crippen LogP contribution in [-0.2, 0) is 0 Å². The van der Waals surface area contributed by atoms with Gasteiger partial charge < -0.3 is 9.47 Å². The van der Waals surface area contributed by atoms with Crippen molar-refractivity contribution in [2.75, 3.05) is 4.90 Å². The van der Waals surface area contributed by atoms with Gasteiger partial charge in [0.15, 0.2) is 0 Å². The van der Waals surface area contributed by atoms with Crippen molar-refractivity contribution in [1.29, 1.82) is 0 Å². The molecule has 9 aromatic rings. The molecule has 1 heterocycles. The van der Waals surface area contributed by atoms with Gasteiger partial charge in [0.05, 0.1) is 16.7 Å². The molecule has 9 rings (SSSR count). The lowest BCUT2D eigenvalue weighted by Gasteiger charge is -2.28. The molecule has 0 amide bonds. The van der Waals surface area contributed by atoms with E-state index in [1.807, 2.05) is 0 Å². The molecule has 226 valence electrons. The summed E-state index contributed by atoms with van der Waals surface area (Å²) in [7, 11) is 0. The first kappa shape index (κ1) is 27.9. The highest BCUT2D eigenvalue weighted by Gasteiger charge is 2.21. The van der Waals surface area contributed by atoms with Crippen LogP contribution in [0.2, 0.25) is 0 Å². The third-order valence-corrected chi connectivity index (χ3v) is 9.37. The third kappa shape index (κ3) is 4.66. The second-order valence-electron chi connectivity index (χ2n) is 12.2. The van der Waals surface area contributed by atoms with Crippen LogP contribution >= 0.6 is 0 Å². The molecule has 48 heavy (non-hydrogen) atoms. The average Bonchev–Trinajstić information content (AvgIpc) is 3.49. The molecule has 0 atom stereocenters. The van der Waals surface area contributed by atoms with Crippen LogP contribution in [0.15, 0.2) is 194 Å². The Kier molecular flexibility index (Phi) is 6.84. The molecule has 0 unspecified atom stereocenters. The number of benzene rings is 8. The fourth-order valence-corrected chi connectivity index (χ4v) is 7.28. The van der Waals surface area contributed by atoms with Crippen molar-refractivity contribution in [2.24, 2.45) is 0 Å². The average molecular weight is 613 g/mol. The van der Waals surface area contributed by atoms with Crippen LogP contribution in [0.1, 0.15) is 0 Å². The van der Waals surface area contributed by atoms with Gasteiger partial charge in [-0.1, -0.05) is 146 Å². The summed E-state index contributed by atoms with van der Waals surface area (Å²) in [5, 5.41) is 4.97. The third-order valence-electron chi connectivity index (χ3n) is 9.37. The Morgan fingerprint density at radius 3 is 1.77 bits per heavy atom. The van der Waals surface area contributed by atoms with Crippen LogP contribution in [-0.4, -0.2) is 4.57 Å². The summed E-state index contributed by atoms with van der Waals surface area (Å²) < 4.78 is 2.39.